The number of aryl methyl sites for hydroxylation is 1. The van der Waals surface area contributed by atoms with Crippen molar-refractivity contribution in [3.05, 3.63) is 35.9 Å². The van der Waals surface area contributed by atoms with Gasteiger partial charge < -0.3 is 0 Å². The predicted molar refractivity (Wildman–Crippen MR) is 75.7 cm³/mol. The van der Waals surface area contributed by atoms with E-state index < -0.39 is 5.27 Å². The quantitative estimate of drug-likeness (QED) is 0.622. The SMILES string of the molecule is [1H][13C@@]([2H])(C)[Se]c1ccc(OC)c2cc(CC)ccc12. The van der Waals surface area contributed by atoms with Crippen molar-refractivity contribution in [3.63, 3.8) is 0 Å². The fraction of sp³-hybridized carbons (Fsp3) is 0.333. The van der Waals surface area contributed by atoms with Crippen LogP contribution < -0.4 is 9.20 Å². The molecule has 0 aromatic heterocycles. The Kier molecular flexibility index (Phi) is 3.27. The van der Waals surface area contributed by atoms with Gasteiger partial charge in [0.05, 0.1) is 0 Å². The number of hydrogen-bond donors (Lipinski definition) is 0. The minimum atomic E-state index is -1.14. The van der Waals surface area contributed by atoms with Crippen molar-refractivity contribution < 1.29 is 7.48 Å². The molecule has 0 bridgehead atoms. The summed E-state index contributed by atoms with van der Waals surface area (Å²) in [5.41, 5.74) is 1.27. The van der Waals surface area contributed by atoms with Crippen LogP contribution in [0.15, 0.2) is 30.3 Å². The van der Waals surface area contributed by atoms with Gasteiger partial charge in [-0.15, -0.1) is 0 Å². The summed E-state index contributed by atoms with van der Waals surface area (Å²) in [6.45, 7) is 3.77. The van der Waals surface area contributed by atoms with E-state index in [1.807, 2.05) is 12.1 Å². The van der Waals surface area contributed by atoms with E-state index in [1.165, 1.54) is 5.56 Å². The first kappa shape index (κ1) is 9.99. The molecule has 0 aliphatic carbocycles. The fourth-order valence-electron chi connectivity index (χ4n) is 1.94. The molecule has 1 atom stereocenters. The van der Waals surface area contributed by atoms with Gasteiger partial charge >= 0.3 is 112 Å². The van der Waals surface area contributed by atoms with Crippen LogP contribution in [0.1, 0.15) is 22.2 Å². The van der Waals surface area contributed by atoms with Crippen molar-refractivity contribution in [1.29, 1.82) is 0 Å². The monoisotopic (exact) mass is 296 g/mol. The molecule has 17 heavy (non-hydrogen) atoms. The number of methoxy groups -OCH3 is 1. The summed E-state index contributed by atoms with van der Waals surface area (Å²) in [7, 11) is 1.68. The number of benzene rings is 2. The van der Waals surface area contributed by atoms with Gasteiger partial charge in [-0.2, -0.15) is 0 Å². The van der Waals surface area contributed by atoms with E-state index in [4.69, 9.17) is 7.48 Å². The summed E-state index contributed by atoms with van der Waals surface area (Å²) in [5, 5.41) is 1.06. The number of hydrogen-bond acceptors (Lipinski definition) is 1. The zero-order chi connectivity index (χ0) is 14.0. The molecule has 0 heterocycles. The zero-order valence-electron chi connectivity index (χ0n) is 12.4. The van der Waals surface area contributed by atoms with E-state index in [-0.39, 0.29) is 15.0 Å². The Labute approximate surface area is 112 Å². The van der Waals surface area contributed by atoms with Crippen LogP contribution in [0, 0.1) is 0 Å². The Morgan fingerprint density at radius 1 is 1.29 bits per heavy atom. The average Bonchev–Trinajstić information content (AvgIpc) is 2.36. The van der Waals surface area contributed by atoms with E-state index in [2.05, 4.69) is 25.1 Å². The van der Waals surface area contributed by atoms with Crippen molar-refractivity contribution in [1.82, 2.24) is 0 Å². The van der Waals surface area contributed by atoms with Gasteiger partial charge in [-0.25, -0.2) is 0 Å². The Balaban J connectivity index is 2.62. The summed E-state index contributed by atoms with van der Waals surface area (Å²) < 4.78 is 22.1. The minimum absolute atomic E-state index is 0.203. The van der Waals surface area contributed by atoms with Gasteiger partial charge in [0.1, 0.15) is 0 Å². The van der Waals surface area contributed by atoms with E-state index in [0.717, 1.165) is 27.4 Å². The first-order valence-corrected chi connectivity index (χ1v) is 7.44. The normalized spacial score (nSPS) is 16.2. The van der Waals surface area contributed by atoms with E-state index in [1.54, 1.807) is 14.0 Å². The van der Waals surface area contributed by atoms with Gasteiger partial charge in [0.2, 0.25) is 0 Å². The van der Waals surface area contributed by atoms with Crippen LogP contribution in [-0.4, -0.2) is 22.1 Å². The molecule has 0 amide bonds. The van der Waals surface area contributed by atoms with Gasteiger partial charge in [0, 0.05) is 0 Å². The molecule has 0 fully saturated rings. The molecule has 0 spiro atoms. The van der Waals surface area contributed by atoms with Crippen molar-refractivity contribution >= 4 is 30.2 Å². The maximum atomic E-state index is 7.78. The molecule has 0 unspecified atom stereocenters. The van der Waals surface area contributed by atoms with E-state index in [9.17, 15) is 0 Å². The van der Waals surface area contributed by atoms with E-state index >= 15 is 0 Å². The van der Waals surface area contributed by atoms with Gasteiger partial charge in [0.25, 0.3) is 0 Å². The second-order valence-corrected chi connectivity index (χ2v) is 6.01. The molecule has 0 aliphatic heterocycles. The first-order chi connectivity index (χ1) is 8.94. The average molecular weight is 295 g/mol. The Morgan fingerprint density at radius 2 is 2.12 bits per heavy atom. The second-order valence-electron chi connectivity index (χ2n) is 3.81. The zero-order valence-corrected chi connectivity index (χ0v) is 12.1. The van der Waals surface area contributed by atoms with Gasteiger partial charge in [-0.1, -0.05) is 0 Å². The first-order valence-electron chi connectivity index (χ1n) is 6.73. The molecule has 0 radical (unpaired) electrons. The third-order valence-corrected chi connectivity index (χ3v) is 4.48. The molecule has 0 saturated heterocycles. The third kappa shape index (κ3) is 2.48. The molecule has 2 rings (SSSR count). The summed E-state index contributed by atoms with van der Waals surface area (Å²) in [4.78, 5) is 0. The fourth-order valence-corrected chi connectivity index (χ4v) is 3.29. The van der Waals surface area contributed by atoms with Crippen molar-refractivity contribution in [2.45, 2.75) is 25.5 Å². The molecule has 2 aromatic carbocycles. The molecular formula is C15H18OSe. The van der Waals surface area contributed by atoms with E-state index in [0.29, 0.717) is 0 Å². The maximum absolute atomic E-state index is 7.78. The van der Waals surface area contributed by atoms with Gasteiger partial charge in [0.15, 0.2) is 0 Å². The van der Waals surface area contributed by atoms with Crippen molar-refractivity contribution in [2.75, 3.05) is 7.11 Å². The number of rotatable bonds is 4. The standard InChI is InChI=1S/C15H18OSe/c1-4-11-6-7-12-13(10-11)14(16-3)8-9-15(12)17-5-2/h6-10H,4-5H2,1-3H3/i5+1DH/t5-/m1/s1. The molecule has 2 aromatic rings. The Morgan fingerprint density at radius 3 is 2.76 bits per heavy atom. The third-order valence-electron chi connectivity index (χ3n) is 2.84. The molecule has 0 N–H and O–H groups in total. The van der Waals surface area contributed by atoms with Crippen LogP contribution >= 0.6 is 0 Å². The molecule has 0 saturated carbocycles. The Bertz CT molecular complexity index is 590. The molecule has 90 valence electrons. The van der Waals surface area contributed by atoms with Gasteiger partial charge in [-0.3, -0.25) is 0 Å². The van der Waals surface area contributed by atoms with Crippen molar-refractivity contribution in [2.24, 2.45) is 0 Å². The summed E-state index contributed by atoms with van der Waals surface area (Å²) in [5.74, 6) is 0.863. The number of fused-ring (bicyclic) bond motifs is 1. The van der Waals surface area contributed by atoms with Crippen LogP contribution in [0.3, 0.4) is 0 Å². The van der Waals surface area contributed by atoms with Gasteiger partial charge in [-0.05, 0) is 0 Å². The summed E-state index contributed by atoms with van der Waals surface area (Å²) in [6, 6.07) is 10.3. The second kappa shape index (κ2) is 5.57. The topological polar surface area (TPSA) is 9.23 Å². The van der Waals surface area contributed by atoms with Crippen LogP contribution in [0.5, 0.6) is 5.75 Å². The van der Waals surface area contributed by atoms with Crippen LogP contribution in [0.2, 0.25) is 5.27 Å². The molecule has 1 nitrogen and oxygen atoms in total. The van der Waals surface area contributed by atoms with Crippen molar-refractivity contribution in [3.8, 4) is 5.75 Å². The van der Waals surface area contributed by atoms with Crippen LogP contribution in [0.25, 0.3) is 10.8 Å². The molecule has 0 aliphatic rings. The molecule has 2 heteroatoms. The van der Waals surface area contributed by atoms with Crippen LogP contribution in [0.4, 0.5) is 0 Å². The summed E-state index contributed by atoms with van der Waals surface area (Å²) in [6.07, 6.45) is 0.989. The number of ether oxygens (including phenoxy) is 1. The van der Waals surface area contributed by atoms with Crippen LogP contribution in [-0.2, 0) is 6.42 Å². The predicted octanol–water partition coefficient (Wildman–Crippen LogP) is 3.18. The Hall–Kier alpha value is -0.981. The molecular weight excluding hydrogens is 276 g/mol. The summed E-state index contributed by atoms with van der Waals surface area (Å²) >= 11 is -0.203.